The van der Waals surface area contributed by atoms with Gasteiger partial charge in [0.25, 0.3) is 0 Å². The highest BCUT2D eigenvalue weighted by atomic mass is 14.1. The molecular formula is C19H32. The normalized spacial score (nSPS) is 12.1. The first kappa shape index (κ1) is 16.3. The maximum absolute atomic E-state index is 2.33. The monoisotopic (exact) mass is 260 g/mol. The predicted molar refractivity (Wildman–Crippen MR) is 86.6 cm³/mol. The molecule has 1 rings (SSSR count). The van der Waals surface area contributed by atoms with E-state index in [0.29, 0.717) is 5.41 Å². The summed E-state index contributed by atoms with van der Waals surface area (Å²) in [5.74, 6) is 0.830. The lowest BCUT2D eigenvalue weighted by Gasteiger charge is -2.17. The molecule has 0 heteroatoms. The van der Waals surface area contributed by atoms with Gasteiger partial charge in [-0.15, -0.1) is 0 Å². The van der Waals surface area contributed by atoms with E-state index in [9.17, 15) is 0 Å². The van der Waals surface area contributed by atoms with Gasteiger partial charge in [-0.2, -0.15) is 0 Å². The Morgan fingerprint density at radius 1 is 0.842 bits per heavy atom. The van der Waals surface area contributed by atoms with Crippen LogP contribution in [0.25, 0.3) is 0 Å². The Labute approximate surface area is 120 Å². The van der Waals surface area contributed by atoms with Gasteiger partial charge in [-0.3, -0.25) is 0 Å². The predicted octanol–water partition coefficient (Wildman–Crippen LogP) is 6.03. The summed E-state index contributed by atoms with van der Waals surface area (Å²) in [7, 11) is 0. The van der Waals surface area contributed by atoms with Crippen LogP contribution in [0.4, 0.5) is 0 Å². The van der Waals surface area contributed by atoms with Crippen molar-refractivity contribution < 1.29 is 0 Å². The van der Waals surface area contributed by atoms with Crippen molar-refractivity contribution in [3.05, 3.63) is 35.4 Å². The SMILES string of the molecule is CC(C)CCCc1ccc(CCCC(C)(C)C)cc1. The largest absolute Gasteiger partial charge is 0.0628 e. The van der Waals surface area contributed by atoms with Crippen molar-refractivity contribution in [1.82, 2.24) is 0 Å². The lowest BCUT2D eigenvalue weighted by molar-refractivity contribution is 0.365. The lowest BCUT2D eigenvalue weighted by atomic mass is 9.89. The summed E-state index contributed by atoms with van der Waals surface area (Å²) >= 11 is 0. The molecule has 0 bridgehead atoms. The van der Waals surface area contributed by atoms with Gasteiger partial charge in [-0.05, 0) is 54.6 Å². The fraction of sp³-hybridized carbons (Fsp3) is 0.684. The van der Waals surface area contributed by atoms with E-state index in [1.165, 1.54) is 49.7 Å². The number of hydrogen-bond acceptors (Lipinski definition) is 0. The molecule has 1 aromatic rings. The van der Waals surface area contributed by atoms with E-state index in [-0.39, 0.29) is 0 Å². The van der Waals surface area contributed by atoms with E-state index in [4.69, 9.17) is 0 Å². The fourth-order valence-electron chi connectivity index (χ4n) is 2.41. The number of aryl methyl sites for hydroxylation is 2. The highest BCUT2D eigenvalue weighted by Crippen LogP contribution is 2.22. The molecule has 0 heterocycles. The quantitative estimate of drug-likeness (QED) is 0.561. The van der Waals surface area contributed by atoms with Gasteiger partial charge in [0.05, 0.1) is 0 Å². The molecule has 0 saturated heterocycles. The molecule has 108 valence electrons. The number of hydrogen-bond donors (Lipinski definition) is 0. The van der Waals surface area contributed by atoms with Crippen molar-refractivity contribution in [3.8, 4) is 0 Å². The van der Waals surface area contributed by atoms with Crippen LogP contribution in [0, 0.1) is 11.3 Å². The maximum atomic E-state index is 2.33. The Morgan fingerprint density at radius 2 is 1.32 bits per heavy atom. The number of benzene rings is 1. The molecule has 0 atom stereocenters. The van der Waals surface area contributed by atoms with Crippen LogP contribution in [-0.4, -0.2) is 0 Å². The van der Waals surface area contributed by atoms with E-state index in [0.717, 1.165) is 5.92 Å². The summed E-state index contributed by atoms with van der Waals surface area (Å²) in [5.41, 5.74) is 3.47. The fourth-order valence-corrected chi connectivity index (χ4v) is 2.41. The molecule has 0 fully saturated rings. The van der Waals surface area contributed by atoms with E-state index in [2.05, 4.69) is 58.9 Å². The number of rotatable bonds is 7. The van der Waals surface area contributed by atoms with E-state index >= 15 is 0 Å². The minimum Gasteiger partial charge on any atom is -0.0628 e. The Kier molecular flexibility index (Phi) is 6.62. The highest BCUT2D eigenvalue weighted by Gasteiger charge is 2.09. The Morgan fingerprint density at radius 3 is 1.74 bits per heavy atom. The van der Waals surface area contributed by atoms with E-state index in [1.807, 2.05) is 0 Å². The van der Waals surface area contributed by atoms with Crippen molar-refractivity contribution >= 4 is 0 Å². The molecule has 0 aromatic heterocycles. The van der Waals surface area contributed by atoms with Crippen LogP contribution in [0.2, 0.25) is 0 Å². The lowest BCUT2D eigenvalue weighted by Crippen LogP contribution is -2.04. The van der Waals surface area contributed by atoms with Crippen LogP contribution in [-0.2, 0) is 12.8 Å². The van der Waals surface area contributed by atoms with Crippen LogP contribution >= 0.6 is 0 Å². The average Bonchev–Trinajstić information content (AvgIpc) is 2.29. The molecule has 0 N–H and O–H groups in total. The third-order valence-corrected chi connectivity index (χ3v) is 3.66. The standard InChI is InChI=1S/C19H32/c1-16(2)8-6-9-17-11-13-18(14-12-17)10-7-15-19(3,4)5/h11-14,16H,6-10,15H2,1-5H3. The van der Waals surface area contributed by atoms with Gasteiger partial charge in [0, 0.05) is 0 Å². The molecule has 0 spiro atoms. The molecule has 0 amide bonds. The zero-order chi connectivity index (χ0) is 14.3. The molecule has 19 heavy (non-hydrogen) atoms. The average molecular weight is 260 g/mol. The summed E-state index contributed by atoms with van der Waals surface area (Å²) in [4.78, 5) is 0. The molecule has 0 aliphatic carbocycles. The summed E-state index contributed by atoms with van der Waals surface area (Å²) in [6.45, 7) is 11.6. The zero-order valence-electron chi connectivity index (χ0n) is 13.6. The highest BCUT2D eigenvalue weighted by molar-refractivity contribution is 5.22. The van der Waals surface area contributed by atoms with Gasteiger partial charge in [0.1, 0.15) is 0 Å². The molecule has 0 aliphatic heterocycles. The summed E-state index contributed by atoms with van der Waals surface area (Å²) in [6.07, 6.45) is 7.73. The van der Waals surface area contributed by atoms with Crippen LogP contribution < -0.4 is 0 Å². The Hall–Kier alpha value is -0.780. The minimum atomic E-state index is 0.469. The molecule has 0 unspecified atom stereocenters. The van der Waals surface area contributed by atoms with Crippen molar-refractivity contribution in [2.45, 2.75) is 73.1 Å². The third-order valence-electron chi connectivity index (χ3n) is 3.66. The second-order valence-electron chi connectivity index (χ2n) is 7.52. The first-order valence-corrected chi connectivity index (χ1v) is 7.94. The summed E-state index contributed by atoms with van der Waals surface area (Å²) in [5, 5.41) is 0. The van der Waals surface area contributed by atoms with Crippen molar-refractivity contribution in [3.63, 3.8) is 0 Å². The van der Waals surface area contributed by atoms with Crippen molar-refractivity contribution in [2.75, 3.05) is 0 Å². The summed E-state index contributed by atoms with van der Waals surface area (Å²) in [6, 6.07) is 9.31. The van der Waals surface area contributed by atoms with Gasteiger partial charge in [0.2, 0.25) is 0 Å². The molecule has 1 aromatic carbocycles. The van der Waals surface area contributed by atoms with Gasteiger partial charge in [-0.25, -0.2) is 0 Å². The van der Waals surface area contributed by atoms with Crippen LogP contribution in [0.1, 0.15) is 71.4 Å². The Balaban J connectivity index is 2.31. The second kappa shape index (κ2) is 7.72. The third kappa shape index (κ3) is 8.08. The van der Waals surface area contributed by atoms with E-state index in [1.54, 1.807) is 0 Å². The minimum absolute atomic E-state index is 0.469. The first-order chi connectivity index (χ1) is 8.87. The van der Waals surface area contributed by atoms with E-state index < -0.39 is 0 Å². The first-order valence-electron chi connectivity index (χ1n) is 7.94. The van der Waals surface area contributed by atoms with Gasteiger partial charge >= 0.3 is 0 Å². The van der Waals surface area contributed by atoms with Crippen LogP contribution in [0.3, 0.4) is 0 Å². The van der Waals surface area contributed by atoms with Crippen LogP contribution in [0.15, 0.2) is 24.3 Å². The molecule has 0 saturated carbocycles. The zero-order valence-corrected chi connectivity index (χ0v) is 13.6. The second-order valence-corrected chi connectivity index (χ2v) is 7.52. The van der Waals surface area contributed by atoms with Gasteiger partial charge in [-0.1, -0.05) is 65.3 Å². The molecule has 0 radical (unpaired) electrons. The van der Waals surface area contributed by atoms with Crippen molar-refractivity contribution in [2.24, 2.45) is 11.3 Å². The smallest absolute Gasteiger partial charge is 0.0279 e. The molecule has 0 aliphatic rings. The topological polar surface area (TPSA) is 0 Å². The van der Waals surface area contributed by atoms with Crippen molar-refractivity contribution in [1.29, 1.82) is 0 Å². The molecule has 0 nitrogen and oxygen atoms in total. The van der Waals surface area contributed by atoms with Gasteiger partial charge < -0.3 is 0 Å². The molecular weight excluding hydrogens is 228 g/mol. The maximum Gasteiger partial charge on any atom is -0.0279 e. The summed E-state index contributed by atoms with van der Waals surface area (Å²) < 4.78 is 0. The van der Waals surface area contributed by atoms with Gasteiger partial charge in [0.15, 0.2) is 0 Å². The van der Waals surface area contributed by atoms with Crippen LogP contribution in [0.5, 0.6) is 0 Å². The Bertz CT molecular complexity index is 337.